The summed E-state index contributed by atoms with van der Waals surface area (Å²) in [6.45, 7) is 2.41. The molecule has 1 aromatic heterocycles. The lowest BCUT2D eigenvalue weighted by atomic mass is 9.92. The molecule has 2 N–H and O–H groups in total. The number of aromatic nitrogens is 2. The van der Waals surface area contributed by atoms with Crippen LogP contribution < -0.4 is 10.9 Å². The van der Waals surface area contributed by atoms with E-state index in [9.17, 15) is 9.59 Å². The monoisotopic (exact) mass is 457 g/mol. The third-order valence-corrected chi connectivity index (χ3v) is 5.89. The number of Topliss-reactive ketones (excluding diaryl/α,β-unsaturated/α-hetero) is 1. The van der Waals surface area contributed by atoms with Crippen LogP contribution >= 0.6 is 24.0 Å². The molecule has 0 radical (unpaired) electrons. The summed E-state index contributed by atoms with van der Waals surface area (Å²) < 4.78 is 0. The first-order valence-electron chi connectivity index (χ1n) is 10.2. The summed E-state index contributed by atoms with van der Waals surface area (Å²) in [5.74, 6) is 0.757. The highest BCUT2D eigenvalue weighted by atomic mass is 35.5. The van der Waals surface area contributed by atoms with Crippen LogP contribution in [0.15, 0.2) is 53.3 Å². The van der Waals surface area contributed by atoms with Gasteiger partial charge in [0.1, 0.15) is 5.82 Å². The maximum absolute atomic E-state index is 12.3. The predicted molar refractivity (Wildman–Crippen MR) is 128 cm³/mol. The van der Waals surface area contributed by atoms with E-state index in [-0.39, 0.29) is 23.7 Å². The van der Waals surface area contributed by atoms with Gasteiger partial charge in [0.2, 0.25) is 0 Å². The van der Waals surface area contributed by atoms with E-state index in [0.717, 1.165) is 31.4 Å². The average molecular weight is 458 g/mol. The van der Waals surface area contributed by atoms with Gasteiger partial charge < -0.3 is 10.3 Å². The quantitative estimate of drug-likeness (QED) is 0.512. The van der Waals surface area contributed by atoms with Crippen LogP contribution in [-0.2, 0) is 6.42 Å². The first-order valence-corrected chi connectivity index (χ1v) is 10.6. The van der Waals surface area contributed by atoms with Gasteiger partial charge in [0, 0.05) is 24.6 Å². The van der Waals surface area contributed by atoms with Crippen LogP contribution in [-0.4, -0.2) is 28.3 Å². The second kappa shape index (κ2) is 10.2. The SMILES string of the molecule is CC(=O)c1ccc(C2=CCNC(CCCc3nc4c(Cl)cccc4c(=O)[nH]3)C2)cc1.Cl. The van der Waals surface area contributed by atoms with Crippen molar-refractivity contribution in [3.8, 4) is 0 Å². The molecule has 3 aromatic rings. The third kappa shape index (κ3) is 5.42. The van der Waals surface area contributed by atoms with E-state index in [1.807, 2.05) is 24.3 Å². The van der Waals surface area contributed by atoms with Gasteiger partial charge >= 0.3 is 0 Å². The van der Waals surface area contributed by atoms with Gasteiger partial charge in [-0.25, -0.2) is 4.98 Å². The zero-order valence-corrected chi connectivity index (χ0v) is 18.9. The molecular weight excluding hydrogens is 433 g/mol. The molecule has 0 bridgehead atoms. The highest BCUT2D eigenvalue weighted by Crippen LogP contribution is 2.25. The van der Waals surface area contributed by atoms with E-state index in [1.165, 1.54) is 11.1 Å². The molecule has 4 rings (SSSR count). The van der Waals surface area contributed by atoms with Gasteiger partial charge in [-0.3, -0.25) is 9.59 Å². The Morgan fingerprint density at radius 1 is 1.19 bits per heavy atom. The number of aryl methyl sites for hydroxylation is 1. The molecule has 1 unspecified atom stereocenters. The summed E-state index contributed by atoms with van der Waals surface area (Å²) in [6, 6.07) is 13.5. The van der Waals surface area contributed by atoms with Crippen LogP contribution in [0.25, 0.3) is 16.5 Å². The van der Waals surface area contributed by atoms with Crippen molar-refractivity contribution in [2.45, 2.75) is 38.6 Å². The van der Waals surface area contributed by atoms with E-state index in [1.54, 1.807) is 25.1 Å². The number of hydrogen-bond donors (Lipinski definition) is 2. The number of benzene rings is 2. The molecule has 1 atom stereocenters. The highest BCUT2D eigenvalue weighted by Gasteiger charge is 2.16. The molecule has 2 aromatic carbocycles. The Kier molecular flexibility index (Phi) is 7.65. The molecule has 1 aliphatic heterocycles. The molecule has 0 spiro atoms. The van der Waals surface area contributed by atoms with E-state index in [2.05, 4.69) is 21.4 Å². The normalized spacial score (nSPS) is 15.9. The summed E-state index contributed by atoms with van der Waals surface area (Å²) in [7, 11) is 0. The minimum Gasteiger partial charge on any atom is -0.310 e. The Labute approximate surface area is 192 Å². The Morgan fingerprint density at radius 3 is 2.71 bits per heavy atom. The standard InChI is InChI=1S/C24H24ClN3O2.ClH/c1-15(29)16-8-10-17(11-9-16)18-12-13-26-19(14-18)4-2-7-22-27-23-20(24(30)28-22)5-3-6-21(23)25;/h3,5-6,8-12,19,26H,2,4,7,13-14H2,1H3,(H,27,28,30);1H. The van der Waals surface area contributed by atoms with Crippen molar-refractivity contribution in [2.24, 2.45) is 0 Å². The topological polar surface area (TPSA) is 74.8 Å². The summed E-state index contributed by atoms with van der Waals surface area (Å²) in [5.41, 5.74) is 3.63. The van der Waals surface area contributed by atoms with Gasteiger partial charge in [0.05, 0.1) is 15.9 Å². The third-order valence-electron chi connectivity index (χ3n) is 5.59. The predicted octanol–water partition coefficient (Wildman–Crippen LogP) is 4.97. The average Bonchev–Trinajstić information content (AvgIpc) is 2.75. The van der Waals surface area contributed by atoms with Gasteiger partial charge in [-0.2, -0.15) is 0 Å². The Hall–Kier alpha value is -2.47. The summed E-state index contributed by atoms with van der Waals surface area (Å²) in [6.07, 6.45) is 5.73. The number of carbonyl (C=O) groups is 1. The number of carbonyl (C=O) groups excluding carboxylic acids is 1. The maximum Gasteiger partial charge on any atom is 0.258 e. The number of para-hydroxylation sites is 1. The van der Waals surface area contributed by atoms with E-state index in [4.69, 9.17) is 11.6 Å². The zero-order valence-electron chi connectivity index (χ0n) is 17.3. The van der Waals surface area contributed by atoms with Crippen LogP contribution in [0.5, 0.6) is 0 Å². The van der Waals surface area contributed by atoms with Gasteiger partial charge in [-0.15, -0.1) is 12.4 Å². The lowest BCUT2D eigenvalue weighted by molar-refractivity contribution is 0.101. The maximum atomic E-state index is 12.3. The minimum atomic E-state index is -0.146. The number of halogens is 2. The number of fused-ring (bicyclic) bond motifs is 1. The molecule has 162 valence electrons. The zero-order chi connectivity index (χ0) is 21.1. The van der Waals surface area contributed by atoms with Gasteiger partial charge in [0.25, 0.3) is 5.56 Å². The molecule has 31 heavy (non-hydrogen) atoms. The van der Waals surface area contributed by atoms with Crippen molar-refractivity contribution in [2.75, 3.05) is 6.54 Å². The Morgan fingerprint density at radius 2 is 1.97 bits per heavy atom. The van der Waals surface area contributed by atoms with Crippen molar-refractivity contribution >= 4 is 46.3 Å². The van der Waals surface area contributed by atoms with Crippen molar-refractivity contribution < 1.29 is 4.79 Å². The summed E-state index contributed by atoms with van der Waals surface area (Å²) in [5, 5.41) is 4.56. The second-order valence-corrected chi connectivity index (χ2v) is 8.12. The van der Waals surface area contributed by atoms with Crippen LogP contribution in [0.2, 0.25) is 5.02 Å². The van der Waals surface area contributed by atoms with Crippen molar-refractivity contribution in [1.82, 2.24) is 15.3 Å². The molecule has 0 saturated carbocycles. The van der Waals surface area contributed by atoms with Gasteiger partial charge in [0.15, 0.2) is 5.78 Å². The number of hydrogen-bond acceptors (Lipinski definition) is 4. The lowest BCUT2D eigenvalue weighted by Crippen LogP contribution is -2.33. The summed E-state index contributed by atoms with van der Waals surface area (Å²) in [4.78, 5) is 31.2. The van der Waals surface area contributed by atoms with Crippen LogP contribution in [0.4, 0.5) is 0 Å². The molecule has 5 nitrogen and oxygen atoms in total. The fraction of sp³-hybridized carbons (Fsp3) is 0.292. The molecule has 0 saturated heterocycles. The lowest BCUT2D eigenvalue weighted by Gasteiger charge is -2.24. The molecule has 0 aliphatic carbocycles. The van der Waals surface area contributed by atoms with Crippen molar-refractivity contribution in [1.29, 1.82) is 0 Å². The smallest absolute Gasteiger partial charge is 0.258 e. The largest absolute Gasteiger partial charge is 0.310 e. The molecular formula is C24H25Cl2N3O2. The first kappa shape index (κ1) is 23.2. The minimum absolute atomic E-state index is 0. The van der Waals surface area contributed by atoms with Gasteiger partial charge in [-0.05, 0) is 49.5 Å². The number of nitrogens with one attached hydrogen (secondary N) is 2. The molecule has 7 heteroatoms. The van der Waals surface area contributed by atoms with Crippen LogP contribution in [0, 0.1) is 0 Å². The fourth-order valence-corrected chi connectivity index (χ4v) is 4.15. The van der Waals surface area contributed by atoms with Crippen LogP contribution in [0.3, 0.4) is 0 Å². The molecule has 1 aliphatic rings. The number of aromatic amines is 1. The first-order chi connectivity index (χ1) is 14.5. The Balaban J connectivity index is 0.00000272. The number of ketones is 1. The van der Waals surface area contributed by atoms with Crippen molar-refractivity contribution in [3.05, 3.63) is 80.9 Å². The molecule has 0 amide bonds. The van der Waals surface area contributed by atoms with Gasteiger partial charge in [-0.1, -0.05) is 48.0 Å². The van der Waals surface area contributed by atoms with E-state index in [0.29, 0.717) is 34.2 Å². The van der Waals surface area contributed by atoms with Crippen molar-refractivity contribution in [3.63, 3.8) is 0 Å². The summed E-state index contributed by atoms with van der Waals surface area (Å²) >= 11 is 6.21. The molecule has 0 fully saturated rings. The second-order valence-electron chi connectivity index (χ2n) is 7.71. The van der Waals surface area contributed by atoms with E-state index < -0.39 is 0 Å². The fourth-order valence-electron chi connectivity index (χ4n) is 3.94. The molecule has 2 heterocycles. The number of rotatable bonds is 6. The number of nitrogens with zero attached hydrogens (tertiary/aromatic N) is 1. The number of H-pyrrole nitrogens is 1. The Bertz CT molecular complexity index is 1170. The van der Waals surface area contributed by atoms with E-state index >= 15 is 0 Å². The highest BCUT2D eigenvalue weighted by molar-refractivity contribution is 6.34. The van der Waals surface area contributed by atoms with Crippen LogP contribution in [0.1, 0.15) is 47.9 Å².